The molecule has 1 amide bonds. The molecule has 27 heavy (non-hydrogen) atoms. The average molecular weight is 370 g/mol. The molecule has 0 unspecified atom stereocenters. The Kier molecular flexibility index (Phi) is 7.39. The lowest BCUT2D eigenvalue weighted by molar-refractivity contribution is -0.126. The van der Waals surface area contributed by atoms with Crippen molar-refractivity contribution < 1.29 is 9.32 Å². The van der Waals surface area contributed by atoms with Crippen molar-refractivity contribution in [2.24, 2.45) is 5.92 Å². The second-order valence-electron chi connectivity index (χ2n) is 7.24. The molecule has 1 saturated heterocycles. The van der Waals surface area contributed by atoms with Crippen LogP contribution in [0.25, 0.3) is 11.4 Å². The van der Waals surface area contributed by atoms with Gasteiger partial charge in [-0.3, -0.25) is 4.79 Å². The number of aromatic nitrogens is 2. The summed E-state index contributed by atoms with van der Waals surface area (Å²) in [4.78, 5) is 19.1. The molecule has 1 aromatic heterocycles. The van der Waals surface area contributed by atoms with Crippen molar-refractivity contribution in [2.45, 2.75) is 45.4 Å². The molecule has 0 saturated carbocycles. The van der Waals surface area contributed by atoms with Crippen LogP contribution in [0, 0.1) is 5.92 Å². The Morgan fingerprint density at radius 3 is 2.74 bits per heavy atom. The van der Waals surface area contributed by atoms with Gasteiger partial charge in [0.05, 0.1) is 0 Å². The molecular weight excluding hydrogens is 340 g/mol. The maximum absolute atomic E-state index is 12.1. The maximum atomic E-state index is 12.1. The number of carbonyl (C=O) groups is 1. The summed E-state index contributed by atoms with van der Waals surface area (Å²) in [5.74, 6) is 1.77. The number of carbonyl (C=O) groups excluding carboxylic acids is 1. The van der Waals surface area contributed by atoms with E-state index >= 15 is 0 Å². The fraction of sp³-hybridized carbons (Fsp3) is 0.571. The Labute approximate surface area is 161 Å². The highest BCUT2D eigenvalue weighted by Crippen LogP contribution is 2.19. The molecule has 1 N–H and O–H groups in total. The fourth-order valence-corrected chi connectivity index (χ4v) is 3.47. The van der Waals surface area contributed by atoms with Crippen molar-refractivity contribution in [1.29, 1.82) is 0 Å². The number of piperidine rings is 1. The zero-order valence-electron chi connectivity index (χ0n) is 16.2. The van der Waals surface area contributed by atoms with E-state index in [4.69, 9.17) is 4.52 Å². The van der Waals surface area contributed by atoms with Crippen LogP contribution in [0.2, 0.25) is 0 Å². The number of benzene rings is 1. The summed E-state index contributed by atoms with van der Waals surface area (Å²) in [7, 11) is 0. The minimum absolute atomic E-state index is 0.183. The van der Waals surface area contributed by atoms with Crippen LogP contribution in [0.3, 0.4) is 0 Å². The predicted octanol–water partition coefficient (Wildman–Crippen LogP) is 3.30. The van der Waals surface area contributed by atoms with E-state index in [-0.39, 0.29) is 11.8 Å². The summed E-state index contributed by atoms with van der Waals surface area (Å²) < 4.78 is 5.37. The van der Waals surface area contributed by atoms with Gasteiger partial charge in [-0.05, 0) is 45.3 Å². The highest BCUT2D eigenvalue weighted by atomic mass is 16.5. The minimum Gasteiger partial charge on any atom is -0.356 e. The third-order valence-electron chi connectivity index (χ3n) is 5.15. The highest BCUT2D eigenvalue weighted by molar-refractivity contribution is 5.78. The molecule has 0 spiro atoms. The third-order valence-corrected chi connectivity index (χ3v) is 5.15. The quantitative estimate of drug-likeness (QED) is 0.686. The van der Waals surface area contributed by atoms with Gasteiger partial charge in [0.15, 0.2) is 0 Å². The van der Waals surface area contributed by atoms with Crippen LogP contribution in [0.5, 0.6) is 0 Å². The molecule has 0 bridgehead atoms. The van der Waals surface area contributed by atoms with Crippen molar-refractivity contribution in [3.05, 3.63) is 36.2 Å². The van der Waals surface area contributed by atoms with Crippen LogP contribution in [0.1, 0.15) is 44.9 Å². The number of nitrogens with zero attached hydrogens (tertiary/aromatic N) is 3. The van der Waals surface area contributed by atoms with Gasteiger partial charge in [-0.15, -0.1) is 0 Å². The van der Waals surface area contributed by atoms with Crippen LogP contribution in [-0.4, -0.2) is 47.1 Å². The van der Waals surface area contributed by atoms with Gasteiger partial charge >= 0.3 is 0 Å². The molecule has 0 radical (unpaired) electrons. The standard InChI is InChI=1S/C21H30N4O2/c1-2-3-13-22-21(26)18-11-15-25(16-12-18)14-7-10-19-23-20(24-27-19)17-8-5-4-6-9-17/h4-6,8-9,18H,2-3,7,10-16H2,1H3,(H,22,26). The van der Waals surface area contributed by atoms with Gasteiger partial charge in [-0.2, -0.15) is 4.98 Å². The third kappa shape index (κ3) is 5.89. The Balaban J connectivity index is 1.35. The van der Waals surface area contributed by atoms with E-state index in [2.05, 4.69) is 27.3 Å². The zero-order valence-corrected chi connectivity index (χ0v) is 16.2. The summed E-state index contributed by atoms with van der Waals surface area (Å²) in [6.07, 6.45) is 5.87. The van der Waals surface area contributed by atoms with Crippen molar-refractivity contribution in [3.63, 3.8) is 0 Å². The first-order chi connectivity index (χ1) is 13.3. The van der Waals surface area contributed by atoms with Crippen molar-refractivity contribution in [2.75, 3.05) is 26.2 Å². The molecule has 146 valence electrons. The first kappa shape index (κ1) is 19.5. The van der Waals surface area contributed by atoms with Gasteiger partial charge in [0.1, 0.15) is 0 Å². The molecular formula is C21H30N4O2. The second kappa shape index (κ2) is 10.2. The lowest BCUT2D eigenvalue weighted by Gasteiger charge is -2.31. The molecule has 0 atom stereocenters. The van der Waals surface area contributed by atoms with E-state index in [1.807, 2.05) is 30.3 Å². The zero-order chi connectivity index (χ0) is 18.9. The van der Waals surface area contributed by atoms with E-state index in [1.54, 1.807) is 0 Å². The Morgan fingerprint density at radius 1 is 1.22 bits per heavy atom. The van der Waals surface area contributed by atoms with Gasteiger partial charge in [0.2, 0.25) is 17.6 Å². The number of likely N-dealkylation sites (tertiary alicyclic amines) is 1. The van der Waals surface area contributed by atoms with E-state index < -0.39 is 0 Å². The molecule has 6 heteroatoms. The number of hydrogen-bond acceptors (Lipinski definition) is 5. The van der Waals surface area contributed by atoms with Crippen LogP contribution in [0.4, 0.5) is 0 Å². The number of unbranched alkanes of at least 4 members (excludes halogenated alkanes) is 1. The molecule has 3 rings (SSSR count). The van der Waals surface area contributed by atoms with Crippen LogP contribution < -0.4 is 5.32 Å². The molecule has 1 aromatic carbocycles. The van der Waals surface area contributed by atoms with Crippen molar-refractivity contribution >= 4 is 5.91 Å². The number of rotatable bonds is 9. The van der Waals surface area contributed by atoms with E-state index in [0.717, 1.165) is 70.3 Å². The molecule has 6 nitrogen and oxygen atoms in total. The highest BCUT2D eigenvalue weighted by Gasteiger charge is 2.24. The average Bonchev–Trinajstić information content (AvgIpc) is 3.18. The van der Waals surface area contributed by atoms with Crippen molar-refractivity contribution in [1.82, 2.24) is 20.4 Å². The Morgan fingerprint density at radius 2 is 2.00 bits per heavy atom. The second-order valence-corrected chi connectivity index (χ2v) is 7.24. The van der Waals surface area contributed by atoms with Crippen LogP contribution in [-0.2, 0) is 11.2 Å². The van der Waals surface area contributed by atoms with Gasteiger partial charge in [-0.1, -0.05) is 48.8 Å². The Hall–Kier alpha value is -2.21. The molecule has 1 aliphatic heterocycles. The molecule has 1 aliphatic rings. The molecule has 2 aromatic rings. The summed E-state index contributed by atoms with van der Waals surface area (Å²) in [6.45, 7) is 5.94. The maximum Gasteiger partial charge on any atom is 0.227 e. The molecule has 2 heterocycles. The SMILES string of the molecule is CCCCNC(=O)C1CCN(CCCc2nc(-c3ccccc3)no2)CC1. The lowest BCUT2D eigenvalue weighted by atomic mass is 9.95. The van der Waals surface area contributed by atoms with Gasteiger partial charge in [0.25, 0.3) is 0 Å². The van der Waals surface area contributed by atoms with Gasteiger partial charge < -0.3 is 14.7 Å². The van der Waals surface area contributed by atoms with E-state index in [0.29, 0.717) is 11.7 Å². The fourth-order valence-electron chi connectivity index (χ4n) is 3.47. The topological polar surface area (TPSA) is 71.3 Å². The predicted molar refractivity (Wildman–Crippen MR) is 105 cm³/mol. The summed E-state index contributed by atoms with van der Waals surface area (Å²) in [5, 5.41) is 7.13. The Bertz CT molecular complexity index is 693. The molecule has 0 aliphatic carbocycles. The number of nitrogens with one attached hydrogen (secondary N) is 1. The van der Waals surface area contributed by atoms with Crippen LogP contribution >= 0.6 is 0 Å². The monoisotopic (exact) mass is 370 g/mol. The largest absolute Gasteiger partial charge is 0.356 e. The summed E-state index contributed by atoms with van der Waals surface area (Å²) >= 11 is 0. The summed E-state index contributed by atoms with van der Waals surface area (Å²) in [6, 6.07) is 9.88. The summed E-state index contributed by atoms with van der Waals surface area (Å²) in [5.41, 5.74) is 0.979. The van der Waals surface area contributed by atoms with E-state index in [1.165, 1.54) is 0 Å². The first-order valence-corrected chi connectivity index (χ1v) is 10.1. The first-order valence-electron chi connectivity index (χ1n) is 10.1. The van der Waals surface area contributed by atoms with E-state index in [9.17, 15) is 4.79 Å². The lowest BCUT2D eigenvalue weighted by Crippen LogP contribution is -2.41. The number of aryl methyl sites for hydroxylation is 1. The van der Waals surface area contributed by atoms with Gasteiger partial charge in [0, 0.05) is 24.4 Å². The number of amides is 1. The smallest absolute Gasteiger partial charge is 0.227 e. The van der Waals surface area contributed by atoms with Crippen molar-refractivity contribution in [3.8, 4) is 11.4 Å². The number of hydrogen-bond donors (Lipinski definition) is 1. The molecule has 1 fully saturated rings. The normalized spacial score (nSPS) is 15.7. The van der Waals surface area contributed by atoms with Gasteiger partial charge in [-0.25, -0.2) is 0 Å². The van der Waals surface area contributed by atoms with Crippen LogP contribution in [0.15, 0.2) is 34.9 Å². The minimum atomic E-state index is 0.183.